The number of aromatic hydroxyl groups is 2. The number of benzene rings is 1. The van der Waals surface area contributed by atoms with Crippen molar-refractivity contribution in [3.05, 3.63) is 34.7 Å². The number of aromatic nitrogens is 2. The number of methoxy groups -OCH3 is 1. The Hall–Kier alpha value is -2.50. The van der Waals surface area contributed by atoms with Gasteiger partial charge in [-0.25, -0.2) is 4.98 Å². The Bertz CT molecular complexity index is 607. The number of rotatable bonds is 2. The fourth-order valence-electron chi connectivity index (χ4n) is 1.35. The molecule has 0 aliphatic carbocycles. The van der Waals surface area contributed by atoms with Crippen LogP contribution in [0.4, 0.5) is 0 Å². The summed E-state index contributed by atoms with van der Waals surface area (Å²) in [5.41, 5.74) is 0.0742. The van der Waals surface area contributed by atoms with Crippen LogP contribution in [0, 0.1) is 0 Å². The molecule has 0 amide bonds. The van der Waals surface area contributed by atoms with Gasteiger partial charge >= 0.3 is 0 Å². The lowest BCUT2D eigenvalue weighted by Gasteiger charge is -2.04. The van der Waals surface area contributed by atoms with Crippen molar-refractivity contribution < 1.29 is 14.9 Å². The van der Waals surface area contributed by atoms with E-state index in [-0.39, 0.29) is 23.1 Å². The molecule has 2 rings (SSSR count). The molecule has 6 heteroatoms. The smallest absolute Gasteiger partial charge is 0.293 e. The Kier molecular flexibility index (Phi) is 2.70. The van der Waals surface area contributed by atoms with Gasteiger partial charge in [0.2, 0.25) is 5.75 Å². The van der Waals surface area contributed by atoms with E-state index >= 15 is 0 Å². The Labute approximate surface area is 96.2 Å². The average Bonchev–Trinajstić information content (AvgIpc) is 2.32. The second-order valence-corrected chi connectivity index (χ2v) is 3.33. The molecule has 0 fully saturated rings. The maximum absolute atomic E-state index is 11.5. The summed E-state index contributed by atoms with van der Waals surface area (Å²) < 4.78 is 4.78. The Morgan fingerprint density at radius 1 is 1.29 bits per heavy atom. The number of H-pyrrole nitrogens is 1. The molecule has 0 aliphatic rings. The molecule has 0 saturated heterocycles. The third kappa shape index (κ3) is 2.05. The summed E-state index contributed by atoms with van der Waals surface area (Å²) >= 11 is 0. The lowest BCUT2D eigenvalue weighted by Crippen LogP contribution is -2.11. The van der Waals surface area contributed by atoms with E-state index in [4.69, 9.17) is 9.84 Å². The van der Waals surface area contributed by atoms with E-state index in [9.17, 15) is 9.90 Å². The summed E-state index contributed by atoms with van der Waals surface area (Å²) in [6.45, 7) is 0. The molecule has 0 atom stereocenters. The van der Waals surface area contributed by atoms with Crippen molar-refractivity contribution >= 4 is 0 Å². The molecule has 2 aromatic rings. The van der Waals surface area contributed by atoms with Gasteiger partial charge in [-0.2, -0.15) is 0 Å². The Balaban J connectivity index is 2.50. The number of nitrogens with zero attached hydrogens (tertiary/aromatic N) is 1. The highest BCUT2D eigenvalue weighted by molar-refractivity contribution is 5.60. The quantitative estimate of drug-likeness (QED) is 0.670. The van der Waals surface area contributed by atoms with Gasteiger partial charge in [-0.1, -0.05) is 0 Å². The van der Waals surface area contributed by atoms with Crippen LogP contribution in [0.25, 0.3) is 11.4 Å². The molecule has 0 spiro atoms. The number of hydrogen-bond acceptors (Lipinski definition) is 5. The van der Waals surface area contributed by atoms with Gasteiger partial charge in [-0.05, 0) is 18.2 Å². The third-order valence-corrected chi connectivity index (χ3v) is 2.24. The highest BCUT2D eigenvalue weighted by Gasteiger charge is 2.07. The minimum Gasteiger partial charge on any atom is -0.504 e. The molecule has 0 bridgehead atoms. The largest absolute Gasteiger partial charge is 0.504 e. The van der Waals surface area contributed by atoms with Crippen molar-refractivity contribution in [1.82, 2.24) is 9.97 Å². The van der Waals surface area contributed by atoms with E-state index in [1.165, 1.54) is 31.5 Å². The molecule has 88 valence electrons. The molecular weight excluding hydrogens is 224 g/mol. The standard InChI is InChI=1S/C11H10N2O4/c1-17-9-5-12-10(13-11(9)16)6-2-3-7(14)8(15)4-6/h2-5,14-15H,1H3,(H,12,13,16). The monoisotopic (exact) mass is 234 g/mol. The number of phenols is 2. The predicted octanol–water partition coefficient (Wildman–Crippen LogP) is 0.857. The zero-order chi connectivity index (χ0) is 12.4. The first-order valence-corrected chi connectivity index (χ1v) is 4.77. The normalized spacial score (nSPS) is 10.2. The number of phenolic OH excluding ortho intramolecular Hbond substituents is 2. The Morgan fingerprint density at radius 2 is 2.06 bits per heavy atom. The van der Waals surface area contributed by atoms with Gasteiger partial charge in [-0.15, -0.1) is 0 Å². The first-order chi connectivity index (χ1) is 8.11. The molecule has 0 radical (unpaired) electrons. The van der Waals surface area contributed by atoms with Gasteiger partial charge in [0.25, 0.3) is 5.56 Å². The van der Waals surface area contributed by atoms with Gasteiger partial charge < -0.3 is 19.9 Å². The number of ether oxygens (including phenoxy) is 1. The maximum atomic E-state index is 11.5. The Morgan fingerprint density at radius 3 is 2.65 bits per heavy atom. The topological polar surface area (TPSA) is 95.4 Å². The van der Waals surface area contributed by atoms with E-state index in [1.807, 2.05) is 0 Å². The van der Waals surface area contributed by atoms with Crippen molar-refractivity contribution in [2.45, 2.75) is 0 Å². The van der Waals surface area contributed by atoms with Crippen molar-refractivity contribution in [3.8, 4) is 28.6 Å². The summed E-state index contributed by atoms with van der Waals surface area (Å²) in [5, 5.41) is 18.5. The van der Waals surface area contributed by atoms with E-state index in [2.05, 4.69) is 9.97 Å². The lowest BCUT2D eigenvalue weighted by atomic mass is 10.2. The highest BCUT2D eigenvalue weighted by Crippen LogP contribution is 2.28. The molecule has 3 N–H and O–H groups in total. The van der Waals surface area contributed by atoms with Gasteiger partial charge in [0.05, 0.1) is 13.3 Å². The van der Waals surface area contributed by atoms with Crippen molar-refractivity contribution in [3.63, 3.8) is 0 Å². The van der Waals surface area contributed by atoms with Crippen molar-refractivity contribution in [1.29, 1.82) is 0 Å². The molecular formula is C11H10N2O4. The fraction of sp³-hybridized carbons (Fsp3) is 0.0909. The molecule has 1 aromatic heterocycles. The zero-order valence-electron chi connectivity index (χ0n) is 8.97. The molecule has 17 heavy (non-hydrogen) atoms. The molecule has 0 unspecified atom stereocenters. The van der Waals surface area contributed by atoms with Crippen LogP contribution in [-0.2, 0) is 0 Å². The fourth-order valence-corrected chi connectivity index (χ4v) is 1.35. The van der Waals surface area contributed by atoms with Crippen LogP contribution < -0.4 is 10.3 Å². The average molecular weight is 234 g/mol. The van der Waals surface area contributed by atoms with Crippen molar-refractivity contribution in [2.75, 3.05) is 7.11 Å². The van der Waals surface area contributed by atoms with E-state index in [0.29, 0.717) is 5.56 Å². The van der Waals surface area contributed by atoms with Gasteiger partial charge in [0, 0.05) is 5.56 Å². The van der Waals surface area contributed by atoms with Crippen LogP contribution >= 0.6 is 0 Å². The van der Waals surface area contributed by atoms with Crippen LogP contribution in [0.3, 0.4) is 0 Å². The molecule has 0 saturated carbocycles. The van der Waals surface area contributed by atoms with Gasteiger partial charge in [-0.3, -0.25) is 4.79 Å². The molecule has 1 aromatic carbocycles. The number of aromatic amines is 1. The second-order valence-electron chi connectivity index (χ2n) is 3.33. The van der Waals surface area contributed by atoms with Crippen LogP contribution in [-0.4, -0.2) is 27.3 Å². The first kappa shape index (κ1) is 11.0. The number of nitrogens with one attached hydrogen (secondary N) is 1. The lowest BCUT2D eigenvalue weighted by molar-refractivity contribution is 0.403. The molecule has 1 heterocycles. The minimum atomic E-state index is -0.412. The SMILES string of the molecule is COc1cnc(-c2ccc(O)c(O)c2)[nH]c1=O. The minimum absolute atomic E-state index is 0.108. The molecule has 0 aliphatic heterocycles. The van der Waals surface area contributed by atoms with Crippen LogP contribution in [0.5, 0.6) is 17.2 Å². The van der Waals surface area contributed by atoms with Gasteiger partial charge in [0.1, 0.15) is 5.82 Å². The summed E-state index contributed by atoms with van der Waals surface area (Å²) in [6.07, 6.45) is 1.29. The summed E-state index contributed by atoms with van der Waals surface area (Å²) in [4.78, 5) is 17.9. The summed E-state index contributed by atoms with van der Waals surface area (Å²) in [5.74, 6) is -0.117. The molecule has 6 nitrogen and oxygen atoms in total. The highest BCUT2D eigenvalue weighted by atomic mass is 16.5. The van der Waals surface area contributed by atoms with Crippen LogP contribution in [0.1, 0.15) is 0 Å². The number of hydrogen-bond donors (Lipinski definition) is 3. The van der Waals surface area contributed by atoms with E-state index < -0.39 is 5.56 Å². The van der Waals surface area contributed by atoms with Crippen molar-refractivity contribution in [2.24, 2.45) is 0 Å². The second kappa shape index (κ2) is 4.17. The third-order valence-electron chi connectivity index (χ3n) is 2.24. The predicted molar refractivity (Wildman–Crippen MR) is 60.2 cm³/mol. The van der Waals surface area contributed by atoms with Crippen LogP contribution in [0.15, 0.2) is 29.2 Å². The van der Waals surface area contributed by atoms with E-state index in [0.717, 1.165) is 0 Å². The van der Waals surface area contributed by atoms with E-state index in [1.54, 1.807) is 0 Å². The summed E-state index contributed by atoms with van der Waals surface area (Å²) in [6, 6.07) is 4.15. The first-order valence-electron chi connectivity index (χ1n) is 4.77. The maximum Gasteiger partial charge on any atom is 0.293 e. The summed E-state index contributed by atoms with van der Waals surface area (Å²) in [7, 11) is 1.37. The zero-order valence-corrected chi connectivity index (χ0v) is 8.97. The van der Waals surface area contributed by atoms with Crippen LogP contribution in [0.2, 0.25) is 0 Å². The van der Waals surface area contributed by atoms with Gasteiger partial charge in [0.15, 0.2) is 11.5 Å².